The summed E-state index contributed by atoms with van der Waals surface area (Å²) >= 11 is 0. The van der Waals surface area contributed by atoms with Gasteiger partial charge in [-0.1, -0.05) is 30.3 Å². The minimum Gasteiger partial charge on any atom is -0.497 e. The zero-order valence-electron chi connectivity index (χ0n) is 15.1. The van der Waals surface area contributed by atoms with E-state index in [1.54, 1.807) is 37.4 Å². The van der Waals surface area contributed by atoms with Crippen LogP contribution < -0.4 is 15.4 Å². The molecule has 0 aliphatic carbocycles. The fraction of sp³-hybridized carbons (Fsp3) is 0.300. The molecule has 0 spiro atoms. The molecule has 2 amide bonds. The van der Waals surface area contributed by atoms with E-state index in [1.165, 1.54) is 19.9 Å². The summed E-state index contributed by atoms with van der Waals surface area (Å²) in [6.07, 6.45) is 0. The van der Waals surface area contributed by atoms with E-state index in [9.17, 15) is 14.0 Å². The molecule has 2 aromatic rings. The predicted molar refractivity (Wildman–Crippen MR) is 96.9 cm³/mol. The Balaban J connectivity index is 1.90. The van der Waals surface area contributed by atoms with Gasteiger partial charge in [0.15, 0.2) is 0 Å². The highest BCUT2D eigenvalue weighted by atomic mass is 19.1. The lowest BCUT2D eigenvalue weighted by Crippen LogP contribution is -2.47. The number of amides is 2. The average molecular weight is 358 g/mol. The van der Waals surface area contributed by atoms with Crippen LogP contribution in [0.4, 0.5) is 4.39 Å². The molecule has 2 aromatic carbocycles. The quantitative estimate of drug-likeness (QED) is 0.748. The summed E-state index contributed by atoms with van der Waals surface area (Å²) in [6.45, 7) is 3.40. The molecule has 0 bridgehead atoms. The Labute approximate surface area is 152 Å². The normalized spacial score (nSPS) is 10.9. The van der Waals surface area contributed by atoms with Gasteiger partial charge in [-0.15, -0.1) is 0 Å². The summed E-state index contributed by atoms with van der Waals surface area (Å²) in [5, 5.41) is 5.37. The molecule has 0 aliphatic heterocycles. The summed E-state index contributed by atoms with van der Waals surface area (Å²) < 4.78 is 18.7. The van der Waals surface area contributed by atoms with Crippen molar-refractivity contribution in [1.82, 2.24) is 10.6 Å². The van der Waals surface area contributed by atoms with E-state index in [4.69, 9.17) is 4.74 Å². The summed E-state index contributed by atoms with van der Waals surface area (Å²) in [4.78, 5) is 24.8. The zero-order valence-corrected chi connectivity index (χ0v) is 15.1. The topological polar surface area (TPSA) is 67.4 Å². The largest absolute Gasteiger partial charge is 0.497 e. The Hall–Kier alpha value is -2.89. The molecule has 0 aliphatic rings. The van der Waals surface area contributed by atoms with Crippen LogP contribution in [-0.4, -0.2) is 18.9 Å². The van der Waals surface area contributed by atoms with E-state index in [0.29, 0.717) is 12.1 Å². The van der Waals surface area contributed by atoms with Gasteiger partial charge in [0.2, 0.25) is 11.8 Å². The first-order chi connectivity index (χ1) is 12.3. The van der Waals surface area contributed by atoms with E-state index in [1.807, 2.05) is 12.1 Å². The van der Waals surface area contributed by atoms with Crippen molar-refractivity contribution in [1.29, 1.82) is 0 Å². The molecular formula is C20H23FN2O3. The Kier molecular flexibility index (Phi) is 6.33. The first kappa shape index (κ1) is 19.4. The van der Waals surface area contributed by atoms with Gasteiger partial charge in [-0.05, 0) is 37.6 Å². The molecule has 0 atom stereocenters. The number of carbonyl (C=O) groups excluding carboxylic acids is 2. The SMILES string of the molecule is COc1ccc(CNC(=O)C(C)(C)C(=O)NCc2ccccc2F)cc1. The Morgan fingerprint density at radius 2 is 1.54 bits per heavy atom. The number of hydrogen-bond acceptors (Lipinski definition) is 3. The standard InChI is InChI=1S/C20H23FN2O3/c1-20(2,19(25)23-13-15-6-4-5-7-17(15)21)18(24)22-12-14-8-10-16(26-3)11-9-14/h4-11H,12-13H2,1-3H3,(H,22,24)(H,23,25). The second-order valence-corrected chi connectivity index (χ2v) is 6.43. The van der Waals surface area contributed by atoms with Gasteiger partial charge in [0.1, 0.15) is 17.0 Å². The summed E-state index contributed by atoms with van der Waals surface area (Å²) in [5.74, 6) is -0.533. The van der Waals surface area contributed by atoms with Crippen molar-refractivity contribution >= 4 is 11.8 Å². The van der Waals surface area contributed by atoms with E-state index >= 15 is 0 Å². The molecule has 2 rings (SSSR count). The summed E-state index contributed by atoms with van der Waals surface area (Å²) in [5.41, 5.74) is -0.0189. The number of nitrogens with one attached hydrogen (secondary N) is 2. The second-order valence-electron chi connectivity index (χ2n) is 6.43. The van der Waals surface area contributed by atoms with Crippen molar-refractivity contribution in [2.24, 2.45) is 5.41 Å². The molecule has 0 saturated carbocycles. The van der Waals surface area contributed by atoms with E-state index in [2.05, 4.69) is 10.6 Å². The number of carbonyl (C=O) groups is 2. The van der Waals surface area contributed by atoms with Crippen LogP contribution in [0.25, 0.3) is 0 Å². The number of benzene rings is 2. The van der Waals surface area contributed by atoms with Crippen LogP contribution in [0.5, 0.6) is 5.75 Å². The molecule has 0 unspecified atom stereocenters. The molecule has 0 fully saturated rings. The Morgan fingerprint density at radius 3 is 2.12 bits per heavy atom. The summed E-state index contributed by atoms with van der Waals surface area (Å²) in [7, 11) is 1.58. The average Bonchev–Trinajstić information content (AvgIpc) is 2.65. The second kappa shape index (κ2) is 8.47. The first-order valence-electron chi connectivity index (χ1n) is 8.27. The highest BCUT2D eigenvalue weighted by molar-refractivity contribution is 6.04. The van der Waals surface area contributed by atoms with Crippen LogP contribution in [0.15, 0.2) is 48.5 Å². The molecule has 0 aromatic heterocycles. The number of rotatable bonds is 7. The number of methoxy groups -OCH3 is 1. The molecule has 2 N–H and O–H groups in total. The van der Waals surface area contributed by atoms with Crippen LogP contribution in [0.1, 0.15) is 25.0 Å². The van der Waals surface area contributed by atoms with Gasteiger partial charge in [-0.25, -0.2) is 4.39 Å². The maximum atomic E-state index is 13.6. The van der Waals surface area contributed by atoms with Crippen LogP contribution in [0.3, 0.4) is 0 Å². The monoisotopic (exact) mass is 358 g/mol. The van der Waals surface area contributed by atoms with Crippen molar-refractivity contribution < 1.29 is 18.7 Å². The summed E-state index contributed by atoms with van der Waals surface area (Å²) in [6, 6.07) is 13.5. The fourth-order valence-corrected chi connectivity index (χ4v) is 2.29. The van der Waals surface area contributed by atoms with Crippen LogP contribution >= 0.6 is 0 Å². The highest BCUT2D eigenvalue weighted by Gasteiger charge is 2.35. The highest BCUT2D eigenvalue weighted by Crippen LogP contribution is 2.17. The Bertz CT molecular complexity index is 773. The molecule has 0 saturated heterocycles. The molecular weight excluding hydrogens is 335 g/mol. The minimum atomic E-state index is -1.28. The lowest BCUT2D eigenvalue weighted by Gasteiger charge is -2.23. The maximum absolute atomic E-state index is 13.6. The Morgan fingerprint density at radius 1 is 0.962 bits per heavy atom. The van der Waals surface area contributed by atoms with Gasteiger partial charge >= 0.3 is 0 Å². The first-order valence-corrected chi connectivity index (χ1v) is 8.27. The van der Waals surface area contributed by atoms with Crippen molar-refractivity contribution in [2.75, 3.05) is 7.11 Å². The van der Waals surface area contributed by atoms with Crippen molar-refractivity contribution in [3.8, 4) is 5.75 Å². The number of hydrogen-bond donors (Lipinski definition) is 2. The van der Waals surface area contributed by atoms with Crippen LogP contribution in [0.2, 0.25) is 0 Å². The lowest BCUT2D eigenvalue weighted by atomic mass is 9.91. The number of ether oxygens (including phenoxy) is 1. The molecule has 26 heavy (non-hydrogen) atoms. The van der Waals surface area contributed by atoms with Gasteiger partial charge < -0.3 is 15.4 Å². The van der Waals surface area contributed by atoms with Gasteiger partial charge in [-0.2, -0.15) is 0 Å². The molecule has 0 heterocycles. The van der Waals surface area contributed by atoms with Crippen molar-refractivity contribution in [2.45, 2.75) is 26.9 Å². The third-order valence-electron chi connectivity index (χ3n) is 4.14. The van der Waals surface area contributed by atoms with Gasteiger partial charge in [0.05, 0.1) is 7.11 Å². The minimum absolute atomic E-state index is 0.0285. The molecule has 6 heteroatoms. The molecule has 138 valence electrons. The lowest BCUT2D eigenvalue weighted by molar-refractivity contribution is -0.141. The van der Waals surface area contributed by atoms with E-state index in [-0.39, 0.29) is 6.54 Å². The third-order valence-corrected chi connectivity index (χ3v) is 4.14. The van der Waals surface area contributed by atoms with Gasteiger partial charge in [-0.3, -0.25) is 9.59 Å². The fourth-order valence-electron chi connectivity index (χ4n) is 2.29. The van der Waals surface area contributed by atoms with Crippen molar-refractivity contribution in [3.05, 3.63) is 65.5 Å². The predicted octanol–water partition coefficient (Wildman–Crippen LogP) is 2.79. The van der Waals surface area contributed by atoms with E-state index < -0.39 is 23.0 Å². The van der Waals surface area contributed by atoms with Crippen LogP contribution in [-0.2, 0) is 22.7 Å². The van der Waals surface area contributed by atoms with E-state index in [0.717, 1.165) is 11.3 Å². The third kappa shape index (κ3) is 4.81. The number of halogens is 1. The van der Waals surface area contributed by atoms with Gasteiger partial charge in [0, 0.05) is 18.7 Å². The van der Waals surface area contributed by atoms with Crippen molar-refractivity contribution in [3.63, 3.8) is 0 Å². The van der Waals surface area contributed by atoms with Crippen LogP contribution in [0, 0.1) is 11.2 Å². The molecule has 5 nitrogen and oxygen atoms in total. The van der Waals surface area contributed by atoms with Gasteiger partial charge in [0.25, 0.3) is 0 Å². The smallest absolute Gasteiger partial charge is 0.235 e. The zero-order chi connectivity index (χ0) is 19.2. The maximum Gasteiger partial charge on any atom is 0.235 e. The molecule has 0 radical (unpaired) electrons.